The molecule has 0 atom stereocenters. The third-order valence-electron chi connectivity index (χ3n) is 3.79. The van der Waals surface area contributed by atoms with Gasteiger partial charge in [0, 0.05) is 23.6 Å². The van der Waals surface area contributed by atoms with E-state index in [-0.39, 0.29) is 0 Å². The lowest BCUT2D eigenvalue weighted by Crippen LogP contribution is -1.99. The summed E-state index contributed by atoms with van der Waals surface area (Å²) in [6.07, 6.45) is 3.43. The quantitative estimate of drug-likeness (QED) is 0.804. The molecule has 1 heterocycles. The van der Waals surface area contributed by atoms with Crippen molar-refractivity contribution in [3.63, 3.8) is 0 Å². The second-order valence-corrected chi connectivity index (χ2v) is 4.87. The van der Waals surface area contributed by atoms with Crippen molar-refractivity contribution in [1.82, 2.24) is 4.57 Å². The van der Waals surface area contributed by atoms with E-state index in [0.717, 1.165) is 19.4 Å². The Morgan fingerprint density at radius 1 is 1.18 bits per heavy atom. The molecule has 0 amide bonds. The van der Waals surface area contributed by atoms with Gasteiger partial charge in [-0.3, -0.25) is 0 Å². The fourth-order valence-electron chi connectivity index (χ4n) is 2.43. The smallest absolute Gasteiger partial charge is 0.0485 e. The van der Waals surface area contributed by atoms with Crippen LogP contribution in [-0.4, -0.2) is 11.1 Å². The van der Waals surface area contributed by atoms with Crippen LogP contribution in [0.4, 0.5) is 0 Å². The van der Waals surface area contributed by atoms with Crippen LogP contribution < -0.4 is 5.73 Å². The fraction of sp³-hybridized carbons (Fsp3) is 0.467. The number of aromatic nitrogens is 1. The molecule has 17 heavy (non-hydrogen) atoms. The predicted octanol–water partition coefficient (Wildman–Crippen LogP) is 3.08. The molecule has 0 aliphatic rings. The van der Waals surface area contributed by atoms with Crippen molar-refractivity contribution >= 4 is 10.9 Å². The summed E-state index contributed by atoms with van der Waals surface area (Å²) in [5.41, 5.74) is 11.1. The average molecular weight is 230 g/mol. The highest BCUT2D eigenvalue weighted by Crippen LogP contribution is 2.25. The molecule has 0 aliphatic heterocycles. The van der Waals surface area contributed by atoms with E-state index in [1.54, 1.807) is 0 Å². The topological polar surface area (TPSA) is 30.9 Å². The molecule has 0 fully saturated rings. The van der Waals surface area contributed by atoms with Gasteiger partial charge in [-0.1, -0.05) is 12.1 Å². The van der Waals surface area contributed by atoms with Crippen molar-refractivity contribution in [2.45, 2.75) is 33.1 Å². The van der Waals surface area contributed by atoms with Crippen LogP contribution in [-0.2, 0) is 13.5 Å². The zero-order valence-electron chi connectivity index (χ0n) is 11.1. The van der Waals surface area contributed by atoms with E-state index in [0.29, 0.717) is 0 Å². The zero-order chi connectivity index (χ0) is 12.4. The molecule has 0 aliphatic carbocycles. The molecular weight excluding hydrogens is 208 g/mol. The predicted molar refractivity (Wildman–Crippen MR) is 74.4 cm³/mol. The molecule has 1 aromatic heterocycles. The van der Waals surface area contributed by atoms with Gasteiger partial charge >= 0.3 is 0 Å². The van der Waals surface area contributed by atoms with E-state index in [2.05, 4.69) is 43.7 Å². The molecule has 0 saturated carbocycles. The molecule has 92 valence electrons. The van der Waals surface area contributed by atoms with E-state index in [1.165, 1.54) is 34.1 Å². The lowest BCUT2D eigenvalue weighted by Gasteiger charge is -2.03. The fourth-order valence-corrected chi connectivity index (χ4v) is 2.43. The summed E-state index contributed by atoms with van der Waals surface area (Å²) in [5.74, 6) is 0. The Morgan fingerprint density at radius 3 is 2.65 bits per heavy atom. The summed E-state index contributed by atoms with van der Waals surface area (Å²) >= 11 is 0. The van der Waals surface area contributed by atoms with Crippen LogP contribution in [0.25, 0.3) is 10.9 Å². The van der Waals surface area contributed by atoms with E-state index in [9.17, 15) is 0 Å². The van der Waals surface area contributed by atoms with Crippen LogP contribution in [0.3, 0.4) is 0 Å². The van der Waals surface area contributed by atoms with Crippen molar-refractivity contribution in [2.24, 2.45) is 12.8 Å². The summed E-state index contributed by atoms with van der Waals surface area (Å²) in [7, 11) is 2.15. The first-order valence-electron chi connectivity index (χ1n) is 6.39. The lowest BCUT2D eigenvalue weighted by molar-refractivity contribution is 0.745. The Morgan fingerprint density at radius 2 is 1.94 bits per heavy atom. The SMILES string of the molecule is Cc1c(C)n(C)c2cc(CCCCN)ccc12. The van der Waals surface area contributed by atoms with E-state index in [1.807, 2.05) is 0 Å². The number of rotatable bonds is 4. The van der Waals surface area contributed by atoms with Crippen LogP contribution in [0.15, 0.2) is 18.2 Å². The zero-order valence-corrected chi connectivity index (χ0v) is 11.1. The van der Waals surface area contributed by atoms with Crippen LogP contribution in [0.1, 0.15) is 29.7 Å². The maximum Gasteiger partial charge on any atom is 0.0485 e. The van der Waals surface area contributed by atoms with Crippen molar-refractivity contribution in [3.05, 3.63) is 35.0 Å². The molecule has 0 bridgehead atoms. The number of aryl methyl sites for hydroxylation is 3. The van der Waals surface area contributed by atoms with E-state index >= 15 is 0 Å². The van der Waals surface area contributed by atoms with Crippen LogP contribution in [0.5, 0.6) is 0 Å². The molecule has 2 nitrogen and oxygen atoms in total. The minimum absolute atomic E-state index is 0.796. The molecular formula is C15H22N2. The van der Waals surface area contributed by atoms with Gasteiger partial charge in [0.1, 0.15) is 0 Å². The summed E-state index contributed by atoms with van der Waals surface area (Å²) in [6.45, 7) is 5.18. The lowest BCUT2D eigenvalue weighted by atomic mass is 10.1. The Labute approximate surface area is 103 Å². The van der Waals surface area contributed by atoms with Gasteiger partial charge < -0.3 is 10.3 Å². The van der Waals surface area contributed by atoms with Crippen molar-refractivity contribution < 1.29 is 0 Å². The molecule has 2 rings (SSSR count). The van der Waals surface area contributed by atoms with E-state index < -0.39 is 0 Å². The van der Waals surface area contributed by atoms with Gasteiger partial charge in [0.25, 0.3) is 0 Å². The summed E-state index contributed by atoms with van der Waals surface area (Å²) in [5, 5.41) is 1.38. The molecule has 2 N–H and O–H groups in total. The van der Waals surface area contributed by atoms with Crippen LogP contribution >= 0.6 is 0 Å². The number of unbranched alkanes of at least 4 members (excludes halogenated alkanes) is 1. The molecule has 0 spiro atoms. The van der Waals surface area contributed by atoms with Gasteiger partial charge in [-0.15, -0.1) is 0 Å². The molecule has 0 radical (unpaired) electrons. The second kappa shape index (κ2) is 4.92. The maximum atomic E-state index is 5.53. The van der Waals surface area contributed by atoms with Crippen LogP contribution in [0.2, 0.25) is 0 Å². The number of benzene rings is 1. The Kier molecular flexibility index (Phi) is 3.53. The highest BCUT2D eigenvalue weighted by atomic mass is 14.9. The van der Waals surface area contributed by atoms with Crippen molar-refractivity contribution in [2.75, 3.05) is 6.54 Å². The third kappa shape index (κ3) is 2.22. The monoisotopic (exact) mass is 230 g/mol. The van der Waals surface area contributed by atoms with Gasteiger partial charge in [-0.25, -0.2) is 0 Å². The highest BCUT2D eigenvalue weighted by molar-refractivity contribution is 5.85. The number of nitrogens with two attached hydrogens (primary N) is 1. The standard InChI is InChI=1S/C15H22N2/c1-11-12(2)17(3)15-10-13(6-4-5-9-16)7-8-14(11)15/h7-8,10H,4-6,9,16H2,1-3H3. The minimum atomic E-state index is 0.796. The largest absolute Gasteiger partial charge is 0.348 e. The second-order valence-electron chi connectivity index (χ2n) is 4.87. The first kappa shape index (κ1) is 12.2. The molecule has 2 aromatic rings. The summed E-state index contributed by atoms with van der Waals surface area (Å²) < 4.78 is 2.29. The Hall–Kier alpha value is -1.28. The Balaban J connectivity index is 2.34. The van der Waals surface area contributed by atoms with Gasteiger partial charge in [0.2, 0.25) is 0 Å². The highest BCUT2D eigenvalue weighted by Gasteiger charge is 2.08. The van der Waals surface area contributed by atoms with Crippen molar-refractivity contribution in [1.29, 1.82) is 0 Å². The molecule has 2 heteroatoms. The number of nitrogens with zero attached hydrogens (tertiary/aromatic N) is 1. The maximum absolute atomic E-state index is 5.53. The number of hydrogen-bond acceptors (Lipinski definition) is 1. The average Bonchev–Trinajstić information content (AvgIpc) is 2.55. The van der Waals surface area contributed by atoms with Crippen LogP contribution in [0, 0.1) is 13.8 Å². The summed E-state index contributed by atoms with van der Waals surface area (Å²) in [6, 6.07) is 6.84. The van der Waals surface area contributed by atoms with Gasteiger partial charge in [0.05, 0.1) is 0 Å². The first-order valence-corrected chi connectivity index (χ1v) is 6.39. The normalized spacial score (nSPS) is 11.3. The third-order valence-corrected chi connectivity index (χ3v) is 3.79. The minimum Gasteiger partial charge on any atom is -0.348 e. The van der Waals surface area contributed by atoms with Gasteiger partial charge in [0.15, 0.2) is 0 Å². The molecule has 1 aromatic carbocycles. The Bertz CT molecular complexity index is 523. The summed E-state index contributed by atoms with van der Waals surface area (Å²) in [4.78, 5) is 0. The molecule has 0 saturated heterocycles. The molecule has 0 unspecified atom stereocenters. The van der Waals surface area contributed by atoms with E-state index in [4.69, 9.17) is 5.73 Å². The van der Waals surface area contributed by atoms with Gasteiger partial charge in [-0.2, -0.15) is 0 Å². The number of hydrogen-bond donors (Lipinski definition) is 1. The van der Waals surface area contributed by atoms with Gasteiger partial charge in [-0.05, 0) is 56.8 Å². The van der Waals surface area contributed by atoms with Crippen molar-refractivity contribution in [3.8, 4) is 0 Å². The first-order chi connectivity index (χ1) is 8.15. The number of fused-ring (bicyclic) bond motifs is 1.